The molecule has 3 aromatic carbocycles. The molecule has 0 saturated heterocycles. The van der Waals surface area contributed by atoms with Gasteiger partial charge in [0.15, 0.2) is 0 Å². The summed E-state index contributed by atoms with van der Waals surface area (Å²) in [5.41, 5.74) is 5.13. The Hall–Kier alpha value is -2.74. The Morgan fingerprint density at radius 1 is 0.826 bits per heavy atom. The third-order valence-corrected chi connectivity index (χ3v) is 4.43. The largest absolute Gasteiger partial charge is 0.497 e. The predicted octanol–water partition coefficient (Wildman–Crippen LogP) is 5.16. The number of methoxy groups -OCH3 is 1. The molecule has 1 heterocycles. The van der Waals surface area contributed by atoms with E-state index in [-0.39, 0.29) is 0 Å². The molecule has 0 aliphatic heterocycles. The van der Waals surface area contributed by atoms with E-state index < -0.39 is 0 Å². The SMILES string of the molecule is COc1ccc(Cn2c3ccccc3c3cc(C)ccc32)cc1. The fourth-order valence-corrected chi connectivity index (χ4v) is 3.25. The molecule has 4 rings (SSSR count). The third-order valence-electron chi connectivity index (χ3n) is 4.43. The summed E-state index contributed by atoms with van der Waals surface area (Å²) in [5.74, 6) is 0.895. The Labute approximate surface area is 135 Å². The standard InChI is InChI=1S/C21H19NO/c1-15-7-12-21-19(13-15)18-5-3-4-6-20(18)22(21)14-16-8-10-17(23-2)11-9-16/h3-13H,14H2,1-2H3. The molecule has 0 radical (unpaired) electrons. The number of rotatable bonds is 3. The third kappa shape index (κ3) is 2.36. The number of aryl methyl sites for hydroxylation is 1. The van der Waals surface area contributed by atoms with E-state index in [9.17, 15) is 0 Å². The highest BCUT2D eigenvalue weighted by atomic mass is 16.5. The first-order chi connectivity index (χ1) is 11.3. The Balaban J connectivity index is 1.89. The maximum atomic E-state index is 5.25. The normalized spacial score (nSPS) is 11.2. The number of nitrogens with zero attached hydrogens (tertiary/aromatic N) is 1. The Bertz CT molecular complexity index is 980. The maximum Gasteiger partial charge on any atom is 0.118 e. The molecule has 0 N–H and O–H groups in total. The summed E-state index contributed by atoms with van der Waals surface area (Å²) >= 11 is 0. The average molecular weight is 301 g/mol. The highest BCUT2D eigenvalue weighted by Crippen LogP contribution is 2.30. The van der Waals surface area contributed by atoms with Crippen molar-refractivity contribution in [2.24, 2.45) is 0 Å². The quantitative estimate of drug-likeness (QED) is 0.510. The van der Waals surface area contributed by atoms with Gasteiger partial charge in [-0.25, -0.2) is 0 Å². The van der Waals surface area contributed by atoms with E-state index >= 15 is 0 Å². The van der Waals surface area contributed by atoms with E-state index in [0.717, 1.165) is 12.3 Å². The van der Waals surface area contributed by atoms with E-state index in [1.54, 1.807) is 7.11 Å². The van der Waals surface area contributed by atoms with Crippen LogP contribution in [0, 0.1) is 6.92 Å². The topological polar surface area (TPSA) is 14.2 Å². The van der Waals surface area contributed by atoms with E-state index in [4.69, 9.17) is 4.74 Å². The second-order valence-electron chi connectivity index (χ2n) is 5.97. The second-order valence-corrected chi connectivity index (χ2v) is 5.97. The summed E-state index contributed by atoms with van der Waals surface area (Å²) in [5, 5.41) is 2.65. The van der Waals surface area contributed by atoms with E-state index in [0.29, 0.717) is 0 Å². The van der Waals surface area contributed by atoms with Gasteiger partial charge >= 0.3 is 0 Å². The molecular formula is C21H19NO. The second kappa shape index (κ2) is 5.47. The zero-order valence-corrected chi connectivity index (χ0v) is 13.4. The van der Waals surface area contributed by atoms with Crippen LogP contribution in [-0.4, -0.2) is 11.7 Å². The summed E-state index contributed by atoms with van der Waals surface area (Å²) in [6, 6.07) is 23.6. The van der Waals surface area contributed by atoms with Crippen molar-refractivity contribution in [2.75, 3.05) is 7.11 Å². The number of para-hydroxylation sites is 1. The molecule has 2 nitrogen and oxygen atoms in total. The number of hydrogen-bond acceptors (Lipinski definition) is 1. The smallest absolute Gasteiger partial charge is 0.118 e. The lowest BCUT2D eigenvalue weighted by Crippen LogP contribution is -1.99. The Kier molecular flexibility index (Phi) is 3.30. The molecule has 0 amide bonds. The monoisotopic (exact) mass is 301 g/mol. The van der Waals surface area contributed by atoms with Crippen molar-refractivity contribution in [3.05, 3.63) is 77.9 Å². The van der Waals surface area contributed by atoms with Gasteiger partial charge in [-0.2, -0.15) is 0 Å². The first-order valence-electron chi connectivity index (χ1n) is 7.87. The molecule has 0 fully saturated rings. The minimum Gasteiger partial charge on any atom is -0.497 e. The minimum atomic E-state index is 0.858. The van der Waals surface area contributed by atoms with Gasteiger partial charge in [0.1, 0.15) is 5.75 Å². The molecule has 1 aromatic heterocycles. The summed E-state index contributed by atoms with van der Waals surface area (Å²) in [7, 11) is 1.70. The van der Waals surface area contributed by atoms with Crippen molar-refractivity contribution in [3.63, 3.8) is 0 Å². The molecule has 0 bridgehead atoms. The number of fused-ring (bicyclic) bond motifs is 3. The number of aromatic nitrogens is 1. The molecular weight excluding hydrogens is 282 g/mol. The summed E-state index contributed by atoms with van der Waals surface area (Å²) in [4.78, 5) is 0. The van der Waals surface area contributed by atoms with Crippen LogP contribution in [0.3, 0.4) is 0 Å². The zero-order chi connectivity index (χ0) is 15.8. The molecule has 2 heteroatoms. The fourth-order valence-electron chi connectivity index (χ4n) is 3.25. The van der Waals surface area contributed by atoms with E-state index in [1.807, 2.05) is 12.1 Å². The number of hydrogen-bond donors (Lipinski definition) is 0. The van der Waals surface area contributed by atoms with E-state index in [1.165, 1.54) is 32.9 Å². The van der Waals surface area contributed by atoms with Crippen molar-refractivity contribution in [1.82, 2.24) is 4.57 Å². The highest BCUT2D eigenvalue weighted by molar-refractivity contribution is 6.08. The van der Waals surface area contributed by atoms with Crippen LogP contribution in [0.25, 0.3) is 21.8 Å². The predicted molar refractivity (Wildman–Crippen MR) is 96.3 cm³/mol. The van der Waals surface area contributed by atoms with Crippen molar-refractivity contribution >= 4 is 21.8 Å². The van der Waals surface area contributed by atoms with Crippen LogP contribution in [-0.2, 0) is 6.54 Å². The van der Waals surface area contributed by atoms with Gasteiger partial charge in [-0.1, -0.05) is 42.0 Å². The van der Waals surface area contributed by atoms with Gasteiger partial charge in [0.05, 0.1) is 7.11 Å². The van der Waals surface area contributed by atoms with Crippen molar-refractivity contribution in [1.29, 1.82) is 0 Å². The summed E-state index contributed by atoms with van der Waals surface area (Å²) < 4.78 is 7.65. The van der Waals surface area contributed by atoms with Gasteiger partial charge in [0.25, 0.3) is 0 Å². The lowest BCUT2D eigenvalue weighted by atomic mass is 10.1. The van der Waals surface area contributed by atoms with Gasteiger partial charge in [-0.3, -0.25) is 0 Å². The van der Waals surface area contributed by atoms with Gasteiger partial charge in [-0.05, 0) is 42.8 Å². The first kappa shape index (κ1) is 13.9. The molecule has 114 valence electrons. The number of ether oxygens (including phenoxy) is 1. The lowest BCUT2D eigenvalue weighted by Gasteiger charge is -2.09. The maximum absolute atomic E-state index is 5.25. The van der Waals surface area contributed by atoms with Gasteiger partial charge in [0, 0.05) is 28.4 Å². The molecule has 0 aliphatic rings. The molecule has 4 aromatic rings. The molecule has 0 spiro atoms. The molecule has 23 heavy (non-hydrogen) atoms. The Morgan fingerprint density at radius 2 is 1.57 bits per heavy atom. The van der Waals surface area contributed by atoms with Crippen molar-refractivity contribution in [2.45, 2.75) is 13.5 Å². The van der Waals surface area contributed by atoms with Crippen LogP contribution >= 0.6 is 0 Å². The van der Waals surface area contributed by atoms with Crippen LogP contribution in [0.4, 0.5) is 0 Å². The van der Waals surface area contributed by atoms with Crippen LogP contribution < -0.4 is 4.74 Å². The summed E-state index contributed by atoms with van der Waals surface area (Å²) in [6.45, 7) is 3.01. The average Bonchev–Trinajstić information content (AvgIpc) is 2.89. The lowest BCUT2D eigenvalue weighted by molar-refractivity contribution is 0.414. The van der Waals surface area contributed by atoms with Gasteiger partial charge < -0.3 is 9.30 Å². The van der Waals surface area contributed by atoms with Crippen LogP contribution in [0.1, 0.15) is 11.1 Å². The fraction of sp³-hybridized carbons (Fsp3) is 0.143. The minimum absolute atomic E-state index is 0.858. The van der Waals surface area contributed by atoms with Crippen molar-refractivity contribution in [3.8, 4) is 5.75 Å². The molecule has 0 atom stereocenters. The number of benzene rings is 3. The zero-order valence-electron chi connectivity index (χ0n) is 13.4. The van der Waals surface area contributed by atoms with Gasteiger partial charge in [-0.15, -0.1) is 0 Å². The summed E-state index contributed by atoms with van der Waals surface area (Å²) in [6.07, 6.45) is 0. The highest BCUT2D eigenvalue weighted by Gasteiger charge is 2.10. The van der Waals surface area contributed by atoms with Crippen LogP contribution in [0.5, 0.6) is 5.75 Å². The molecule has 0 aliphatic carbocycles. The Morgan fingerprint density at radius 3 is 2.35 bits per heavy atom. The van der Waals surface area contributed by atoms with Crippen LogP contribution in [0.15, 0.2) is 66.7 Å². The first-order valence-corrected chi connectivity index (χ1v) is 7.87. The van der Waals surface area contributed by atoms with Crippen LogP contribution in [0.2, 0.25) is 0 Å². The van der Waals surface area contributed by atoms with Gasteiger partial charge in [0.2, 0.25) is 0 Å². The molecule has 0 unspecified atom stereocenters. The van der Waals surface area contributed by atoms with Crippen molar-refractivity contribution < 1.29 is 4.74 Å². The molecule has 0 saturated carbocycles. The van der Waals surface area contributed by atoms with E-state index in [2.05, 4.69) is 66.1 Å².